The van der Waals surface area contributed by atoms with Crippen molar-refractivity contribution in [2.45, 2.75) is 32.7 Å². The predicted molar refractivity (Wildman–Crippen MR) is 108 cm³/mol. The molecular weight excluding hydrogens is 336 g/mol. The van der Waals surface area contributed by atoms with Gasteiger partial charge >= 0.3 is 5.97 Å². The van der Waals surface area contributed by atoms with Crippen LogP contribution in [0.1, 0.15) is 41.5 Å². The molecular formula is C23H22N2O2. The standard InChI is InChI=1S/C23H22N2O2/c1-2-3-8-22-24-20-13-18-6-4-5-7-19(18)14-21(20)25(22)15-16-9-11-17(12-10-16)23(26)27/h4-7,9-14H,2-3,8,15H2,1H3,(H,26,27). The fraction of sp³-hybridized carbons (Fsp3) is 0.217. The molecule has 0 atom stereocenters. The molecule has 4 rings (SSSR count). The van der Waals surface area contributed by atoms with Crippen molar-refractivity contribution in [1.29, 1.82) is 0 Å². The molecule has 4 aromatic rings. The minimum atomic E-state index is -0.898. The Balaban J connectivity index is 1.80. The van der Waals surface area contributed by atoms with Gasteiger partial charge in [-0.25, -0.2) is 9.78 Å². The van der Waals surface area contributed by atoms with Crippen LogP contribution >= 0.6 is 0 Å². The Kier molecular flexibility index (Phi) is 4.63. The number of carboxylic acids is 1. The van der Waals surface area contributed by atoms with E-state index in [1.165, 1.54) is 10.8 Å². The van der Waals surface area contributed by atoms with Crippen molar-refractivity contribution in [2.75, 3.05) is 0 Å². The fourth-order valence-electron chi connectivity index (χ4n) is 3.50. The van der Waals surface area contributed by atoms with E-state index in [-0.39, 0.29) is 0 Å². The molecule has 27 heavy (non-hydrogen) atoms. The van der Waals surface area contributed by atoms with Crippen LogP contribution in [0.5, 0.6) is 0 Å². The van der Waals surface area contributed by atoms with E-state index >= 15 is 0 Å². The van der Waals surface area contributed by atoms with Gasteiger partial charge in [0.15, 0.2) is 0 Å². The molecule has 0 aliphatic carbocycles. The minimum Gasteiger partial charge on any atom is -0.478 e. The van der Waals surface area contributed by atoms with E-state index in [2.05, 4.69) is 41.8 Å². The molecule has 3 aromatic carbocycles. The van der Waals surface area contributed by atoms with Crippen LogP contribution in [0, 0.1) is 0 Å². The second kappa shape index (κ2) is 7.23. The summed E-state index contributed by atoms with van der Waals surface area (Å²) < 4.78 is 2.27. The summed E-state index contributed by atoms with van der Waals surface area (Å²) in [4.78, 5) is 16.0. The zero-order valence-electron chi connectivity index (χ0n) is 15.4. The summed E-state index contributed by atoms with van der Waals surface area (Å²) in [5, 5.41) is 11.5. The predicted octanol–water partition coefficient (Wildman–Crippen LogP) is 5.28. The maximum Gasteiger partial charge on any atom is 0.335 e. The molecule has 0 bridgehead atoms. The molecule has 0 saturated carbocycles. The van der Waals surface area contributed by atoms with E-state index in [0.29, 0.717) is 12.1 Å². The Morgan fingerprint density at radius 1 is 1.04 bits per heavy atom. The van der Waals surface area contributed by atoms with Crippen LogP contribution in [-0.4, -0.2) is 20.6 Å². The molecule has 0 saturated heterocycles. The number of aromatic carboxylic acids is 1. The Labute approximate surface area is 158 Å². The Morgan fingerprint density at radius 2 is 1.74 bits per heavy atom. The average Bonchev–Trinajstić information content (AvgIpc) is 3.01. The smallest absolute Gasteiger partial charge is 0.335 e. The number of imidazole rings is 1. The second-order valence-corrected chi connectivity index (χ2v) is 6.91. The van der Waals surface area contributed by atoms with E-state index in [9.17, 15) is 4.79 Å². The molecule has 136 valence electrons. The van der Waals surface area contributed by atoms with Crippen LogP contribution in [0.2, 0.25) is 0 Å². The van der Waals surface area contributed by atoms with Gasteiger partial charge in [-0.05, 0) is 47.0 Å². The molecule has 0 amide bonds. The third-order valence-electron chi connectivity index (χ3n) is 4.99. The van der Waals surface area contributed by atoms with Crippen LogP contribution in [0.4, 0.5) is 0 Å². The van der Waals surface area contributed by atoms with Gasteiger partial charge in [0.25, 0.3) is 0 Å². The number of fused-ring (bicyclic) bond motifs is 2. The summed E-state index contributed by atoms with van der Waals surface area (Å²) in [5.74, 6) is 0.189. The first-order chi connectivity index (χ1) is 13.2. The van der Waals surface area contributed by atoms with E-state index < -0.39 is 5.97 Å². The molecule has 4 nitrogen and oxygen atoms in total. The monoisotopic (exact) mass is 358 g/mol. The quantitative estimate of drug-likeness (QED) is 0.510. The lowest BCUT2D eigenvalue weighted by Gasteiger charge is -2.10. The van der Waals surface area contributed by atoms with Gasteiger partial charge in [-0.1, -0.05) is 49.7 Å². The number of benzene rings is 3. The van der Waals surface area contributed by atoms with Gasteiger partial charge < -0.3 is 9.67 Å². The molecule has 0 aliphatic rings. The lowest BCUT2D eigenvalue weighted by atomic mass is 10.1. The fourth-order valence-corrected chi connectivity index (χ4v) is 3.50. The molecule has 0 spiro atoms. The first-order valence-electron chi connectivity index (χ1n) is 9.36. The summed E-state index contributed by atoms with van der Waals surface area (Å²) in [5.41, 5.74) is 3.53. The van der Waals surface area contributed by atoms with Crippen molar-refractivity contribution in [3.63, 3.8) is 0 Å². The van der Waals surface area contributed by atoms with E-state index in [1.807, 2.05) is 18.2 Å². The Hall–Kier alpha value is -3.14. The third kappa shape index (κ3) is 3.43. The first-order valence-corrected chi connectivity index (χ1v) is 9.36. The van der Waals surface area contributed by atoms with Gasteiger partial charge in [-0.3, -0.25) is 0 Å². The van der Waals surface area contributed by atoms with Crippen LogP contribution in [-0.2, 0) is 13.0 Å². The highest BCUT2D eigenvalue weighted by atomic mass is 16.4. The molecule has 1 N–H and O–H groups in total. The topological polar surface area (TPSA) is 55.1 Å². The zero-order chi connectivity index (χ0) is 18.8. The second-order valence-electron chi connectivity index (χ2n) is 6.91. The van der Waals surface area contributed by atoms with Gasteiger partial charge in [0.2, 0.25) is 0 Å². The lowest BCUT2D eigenvalue weighted by Crippen LogP contribution is -2.06. The molecule has 0 radical (unpaired) electrons. The van der Waals surface area contributed by atoms with Crippen molar-refractivity contribution in [1.82, 2.24) is 9.55 Å². The minimum absolute atomic E-state index is 0.312. The molecule has 1 aromatic heterocycles. The van der Waals surface area contributed by atoms with Crippen molar-refractivity contribution in [2.24, 2.45) is 0 Å². The van der Waals surface area contributed by atoms with Gasteiger partial charge in [-0.15, -0.1) is 0 Å². The van der Waals surface area contributed by atoms with Crippen LogP contribution in [0.3, 0.4) is 0 Å². The lowest BCUT2D eigenvalue weighted by molar-refractivity contribution is 0.0697. The Bertz CT molecular complexity index is 1110. The zero-order valence-corrected chi connectivity index (χ0v) is 15.4. The SMILES string of the molecule is CCCCc1nc2cc3ccccc3cc2n1Cc1ccc(C(=O)O)cc1. The Morgan fingerprint density at radius 3 is 2.41 bits per heavy atom. The molecule has 0 fully saturated rings. The third-order valence-corrected chi connectivity index (χ3v) is 4.99. The van der Waals surface area contributed by atoms with Gasteiger partial charge in [0.05, 0.1) is 16.6 Å². The number of hydrogen-bond acceptors (Lipinski definition) is 2. The normalized spacial score (nSPS) is 11.3. The summed E-state index contributed by atoms with van der Waals surface area (Å²) >= 11 is 0. The van der Waals surface area contributed by atoms with Crippen LogP contribution in [0.25, 0.3) is 21.8 Å². The van der Waals surface area contributed by atoms with E-state index in [4.69, 9.17) is 10.1 Å². The van der Waals surface area contributed by atoms with Crippen molar-refractivity contribution in [3.05, 3.63) is 77.6 Å². The number of aryl methyl sites for hydroxylation is 1. The maximum atomic E-state index is 11.1. The number of hydrogen-bond donors (Lipinski definition) is 1. The van der Waals surface area contributed by atoms with Gasteiger partial charge in [0, 0.05) is 13.0 Å². The van der Waals surface area contributed by atoms with Gasteiger partial charge in [-0.2, -0.15) is 0 Å². The van der Waals surface area contributed by atoms with E-state index in [0.717, 1.165) is 41.7 Å². The summed E-state index contributed by atoms with van der Waals surface area (Å²) in [6.07, 6.45) is 3.16. The van der Waals surface area contributed by atoms with Gasteiger partial charge in [0.1, 0.15) is 5.82 Å². The average molecular weight is 358 g/mol. The highest BCUT2D eigenvalue weighted by molar-refractivity contribution is 5.95. The molecule has 1 heterocycles. The van der Waals surface area contributed by atoms with Crippen LogP contribution in [0.15, 0.2) is 60.7 Å². The summed E-state index contributed by atoms with van der Waals surface area (Å²) in [6.45, 7) is 2.87. The number of unbranched alkanes of at least 4 members (excludes halogenated alkanes) is 1. The molecule has 4 heteroatoms. The highest BCUT2D eigenvalue weighted by Crippen LogP contribution is 2.25. The number of carbonyl (C=O) groups is 1. The summed E-state index contributed by atoms with van der Waals surface area (Å²) in [6, 6.07) is 19.8. The van der Waals surface area contributed by atoms with Crippen molar-refractivity contribution >= 4 is 27.8 Å². The van der Waals surface area contributed by atoms with Crippen LogP contribution < -0.4 is 0 Å². The molecule has 0 unspecified atom stereocenters. The summed E-state index contributed by atoms with van der Waals surface area (Å²) in [7, 11) is 0. The van der Waals surface area contributed by atoms with E-state index in [1.54, 1.807) is 12.1 Å². The number of carboxylic acid groups (broad SMARTS) is 1. The number of nitrogens with zero attached hydrogens (tertiary/aromatic N) is 2. The first kappa shape index (κ1) is 17.3. The van der Waals surface area contributed by atoms with Crippen molar-refractivity contribution in [3.8, 4) is 0 Å². The largest absolute Gasteiger partial charge is 0.478 e. The highest BCUT2D eigenvalue weighted by Gasteiger charge is 2.12. The van der Waals surface area contributed by atoms with Crippen molar-refractivity contribution < 1.29 is 9.90 Å². The number of aromatic nitrogens is 2. The molecule has 0 aliphatic heterocycles. The number of rotatable bonds is 6. The maximum absolute atomic E-state index is 11.1.